The Morgan fingerprint density at radius 3 is 2.67 bits per heavy atom. The van der Waals surface area contributed by atoms with Crippen molar-refractivity contribution in [2.24, 2.45) is 0 Å². The third-order valence-corrected chi connectivity index (χ3v) is 3.75. The Morgan fingerprint density at radius 2 is 1.90 bits per heavy atom. The highest BCUT2D eigenvalue weighted by molar-refractivity contribution is 6.34. The first kappa shape index (κ1) is 13.8. The fourth-order valence-electron chi connectivity index (χ4n) is 2.40. The van der Waals surface area contributed by atoms with E-state index < -0.39 is 0 Å². The molecule has 0 spiro atoms. The van der Waals surface area contributed by atoms with Crippen molar-refractivity contribution in [3.63, 3.8) is 0 Å². The van der Waals surface area contributed by atoms with Crippen LogP contribution in [-0.4, -0.2) is 23.8 Å². The van der Waals surface area contributed by atoms with Gasteiger partial charge in [-0.25, -0.2) is 4.98 Å². The lowest BCUT2D eigenvalue weighted by molar-refractivity contribution is 0.354. The summed E-state index contributed by atoms with van der Waals surface area (Å²) in [6.07, 6.45) is 3.73. The Morgan fingerprint density at radius 1 is 1.10 bits per heavy atom. The third-order valence-electron chi connectivity index (χ3n) is 3.45. The highest BCUT2D eigenvalue weighted by Crippen LogP contribution is 2.29. The molecule has 4 nitrogen and oxygen atoms in total. The number of nitrogens with zero attached hydrogens (tertiary/aromatic N) is 2. The first-order valence-electron chi connectivity index (χ1n) is 6.53. The zero-order valence-electron chi connectivity index (χ0n) is 11.8. The van der Waals surface area contributed by atoms with E-state index in [2.05, 4.69) is 9.55 Å². The van der Waals surface area contributed by atoms with Gasteiger partial charge in [-0.1, -0.05) is 17.7 Å². The van der Waals surface area contributed by atoms with Crippen molar-refractivity contribution >= 4 is 22.5 Å². The summed E-state index contributed by atoms with van der Waals surface area (Å²) in [7, 11) is 3.27. The second-order valence-electron chi connectivity index (χ2n) is 4.67. The fraction of sp³-hybridized carbons (Fsp3) is 0.188. The molecular formula is C16H15ClN2O2. The van der Waals surface area contributed by atoms with Crippen LogP contribution in [0.5, 0.6) is 11.5 Å². The number of fused-ring (bicyclic) bond motifs is 1. The molecule has 0 saturated carbocycles. The highest BCUT2D eigenvalue weighted by atomic mass is 35.5. The number of halogens is 1. The van der Waals surface area contributed by atoms with Gasteiger partial charge >= 0.3 is 0 Å². The van der Waals surface area contributed by atoms with Crippen molar-refractivity contribution in [2.75, 3.05) is 14.2 Å². The zero-order valence-corrected chi connectivity index (χ0v) is 12.6. The van der Waals surface area contributed by atoms with Gasteiger partial charge in [-0.05, 0) is 29.8 Å². The molecule has 5 heteroatoms. The quantitative estimate of drug-likeness (QED) is 0.689. The van der Waals surface area contributed by atoms with Crippen LogP contribution in [-0.2, 0) is 6.54 Å². The maximum Gasteiger partial charge on any atom is 0.161 e. The Balaban J connectivity index is 1.97. The molecule has 0 N–H and O–H groups in total. The molecule has 0 saturated heterocycles. The highest BCUT2D eigenvalue weighted by Gasteiger charge is 2.08. The SMILES string of the molecule is COc1ccc(Cn2ccc3c(Cl)nccc32)cc1OC. The Hall–Kier alpha value is -2.20. The van der Waals surface area contributed by atoms with Crippen molar-refractivity contribution in [3.05, 3.63) is 53.4 Å². The van der Waals surface area contributed by atoms with Crippen LogP contribution in [0.2, 0.25) is 5.15 Å². The Bertz CT molecular complexity index is 783. The smallest absolute Gasteiger partial charge is 0.161 e. The van der Waals surface area contributed by atoms with E-state index >= 15 is 0 Å². The average Bonchev–Trinajstić information content (AvgIpc) is 2.92. The van der Waals surface area contributed by atoms with Crippen molar-refractivity contribution < 1.29 is 9.47 Å². The molecule has 3 rings (SSSR count). The van der Waals surface area contributed by atoms with Crippen molar-refractivity contribution in [2.45, 2.75) is 6.54 Å². The normalized spacial score (nSPS) is 10.8. The molecule has 0 fully saturated rings. The van der Waals surface area contributed by atoms with Crippen LogP contribution >= 0.6 is 11.6 Å². The minimum atomic E-state index is 0.526. The predicted octanol–water partition coefficient (Wildman–Crippen LogP) is 3.76. The molecule has 0 aliphatic heterocycles. The summed E-state index contributed by atoms with van der Waals surface area (Å²) in [5.41, 5.74) is 2.18. The van der Waals surface area contributed by atoms with Gasteiger partial charge in [0.15, 0.2) is 11.5 Å². The van der Waals surface area contributed by atoms with E-state index in [1.54, 1.807) is 20.4 Å². The molecule has 3 aromatic rings. The van der Waals surface area contributed by atoms with Gasteiger partial charge in [0.25, 0.3) is 0 Å². The van der Waals surface area contributed by atoms with E-state index in [9.17, 15) is 0 Å². The Labute approximate surface area is 127 Å². The largest absolute Gasteiger partial charge is 0.493 e. The number of rotatable bonds is 4. The zero-order chi connectivity index (χ0) is 14.8. The van der Waals surface area contributed by atoms with E-state index in [0.717, 1.165) is 34.5 Å². The number of pyridine rings is 1. The van der Waals surface area contributed by atoms with E-state index in [1.165, 1.54) is 0 Å². The number of ether oxygens (including phenoxy) is 2. The summed E-state index contributed by atoms with van der Waals surface area (Å²) in [4.78, 5) is 4.09. The second-order valence-corrected chi connectivity index (χ2v) is 5.03. The van der Waals surface area contributed by atoms with Gasteiger partial charge in [-0.2, -0.15) is 0 Å². The molecule has 0 aliphatic rings. The van der Waals surface area contributed by atoms with Crippen LogP contribution in [0, 0.1) is 0 Å². The van der Waals surface area contributed by atoms with Gasteiger partial charge < -0.3 is 14.0 Å². The molecule has 0 atom stereocenters. The number of benzene rings is 1. The van der Waals surface area contributed by atoms with Gasteiger partial charge in [0.2, 0.25) is 0 Å². The van der Waals surface area contributed by atoms with Gasteiger partial charge in [0.05, 0.1) is 19.7 Å². The molecule has 21 heavy (non-hydrogen) atoms. The number of hydrogen-bond acceptors (Lipinski definition) is 3. The maximum absolute atomic E-state index is 6.10. The molecule has 1 aromatic carbocycles. The van der Waals surface area contributed by atoms with Crippen LogP contribution in [0.25, 0.3) is 10.9 Å². The van der Waals surface area contributed by atoms with Crippen molar-refractivity contribution in [3.8, 4) is 11.5 Å². The molecule has 0 aliphatic carbocycles. The lowest BCUT2D eigenvalue weighted by atomic mass is 10.2. The summed E-state index contributed by atoms with van der Waals surface area (Å²) in [5, 5.41) is 1.48. The van der Waals surface area contributed by atoms with Gasteiger partial charge in [0.1, 0.15) is 5.15 Å². The van der Waals surface area contributed by atoms with E-state index in [0.29, 0.717) is 5.15 Å². The van der Waals surface area contributed by atoms with Crippen molar-refractivity contribution in [1.29, 1.82) is 0 Å². The second kappa shape index (κ2) is 5.66. The topological polar surface area (TPSA) is 36.3 Å². The van der Waals surface area contributed by atoms with E-state index in [4.69, 9.17) is 21.1 Å². The molecular weight excluding hydrogens is 288 g/mol. The Kier molecular flexibility index (Phi) is 3.71. The summed E-state index contributed by atoms with van der Waals surface area (Å²) in [6, 6.07) is 9.85. The number of aromatic nitrogens is 2. The first-order valence-corrected chi connectivity index (χ1v) is 6.91. The summed E-state index contributed by atoms with van der Waals surface area (Å²) in [6.45, 7) is 0.726. The minimum absolute atomic E-state index is 0.526. The number of methoxy groups -OCH3 is 2. The molecule has 2 aromatic heterocycles. The average molecular weight is 303 g/mol. The van der Waals surface area contributed by atoms with Crippen LogP contribution in [0.3, 0.4) is 0 Å². The molecule has 0 bridgehead atoms. The third kappa shape index (κ3) is 2.54. The van der Waals surface area contributed by atoms with Crippen LogP contribution in [0.4, 0.5) is 0 Å². The maximum atomic E-state index is 6.10. The van der Waals surface area contributed by atoms with E-state index in [1.807, 2.05) is 36.5 Å². The molecule has 0 radical (unpaired) electrons. The van der Waals surface area contributed by atoms with Crippen LogP contribution in [0.1, 0.15) is 5.56 Å². The summed E-state index contributed by atoms with van der Waals surface area (Å²) >= 11 is 6.10. The molecule has 108 valence electrons. The fourth-order valence-corrected chi connectivity index (χ4v) is 2.62. The first-order chi connectivity index (χ1) is 10.2. The number of hydrogen-bond donors (Lipinski definition) is 0. The summed E-state index contributed by atoms with van der Waals surface area (Å²) in [5.74, 6) is 1.46. The van der Waals surface area contributed by atoms with E-state index in [-0.39, 0.29) is 0 Å². The lowest BCUT2D eigenvalue weighted by Gasteiger charge is -2.11. The minimum Gasteiger partial charge on any atom is -0.493 e. The van der Waals surface area contributed by atoms with Gasteiger partial charge in [-0.15, -0.1) is 0 Å². The van der Waals surface area contributed by atoms with Crippen LogP contribution in [0.15, 0.2) is 42.7 Å². The van der Waals surface area contributed by atoms with Crippen LogP contribution < -0.4 is 9.47 Å². The predicted molar refractivity (Wildman–Crippen MR) is 83.4 cm³/mol. The molecule has 0 unspecified atom stereocenters. The molecule has 0 amide bonds. The van der Waals surface area contributed by atoms with Gasteiger partial charge in [-0.3, -0.25) is 0 Å². The van der Waals surface area contributed by atoms with Gasteiger partial charge in [0, 0.05) is 24.3 Å². The van der Waals surface area contributed by atoms with Crippen molar-refractivity contribution in [1.82, 2.24) is 9.55 Å². The molecule has 2 heterocycles. The standard InChI is InChI=1S/C16H15ClN2O2/c1-20-14-4-3-11(9-15(14)21-2)10-19-8-6-12-13(19)5-7-18-16(12)17/h3-9H,10H2,1-2H3. The summed E-state index contributed by atoms with van der Waals surface area (Å²) < 4.78 is 12.7. The monoisotopic (exact) mass is 302 g/mol. The lowest BCUT2D eigenvalue weighted by Crippen LogP contribution is -1.99.